The Kier molecular flexibility index (Phi) is 3.53. The molecule has 0 amide bonds. The molecular weight excluding hydrogens is 358 g/mol. The summed E-state index contributed by atoms with van der Waals surface area (Å²) < 4.78 is 2.85. The lowest BCUT2D eigenvalue weighted by Crippen LogP contribution is -2.30. The molecule has 0 radical (unpaired) electrons. The van der Waals surface area contributed by atoms with Gasteiger partial charge < -0.3 is 11.1 Å². The number of nitrogens with zero attached hydrogens (tertiary/aromatic N) is 5. The van der Waals surface area contributed by atoms with Crippen LogP contribution in [0.5, 0.6) is 0 Å². The molecule has 8 heteroatoms. The fraction of sp³-hybridized carbons (Fsp3) is 0.263. The highest BCUT2D eigenvalue weighted by atomic mass is 32.1. The maximum Gasteiger partial charge on any atom is 0.211 e. The molecule has 1 aliphatic carbocycles. The van der Waals surface area contributed by atoms with Crippen molar-refractivity contribution in [3.8, 4) is 5.13 Å². The zero-order valence-electron chi connectivity index (χ0n) is 15.1. The van der Waals surface area contributed by atoms with Gasteiger partial charge >= 0.3 is 0 Å². The molecule has 0 saturated carbocycles. The van der Waals surface area contributed by atoms with Crippen LogP contribution in [0.25, 0.3) is 15.3 Å². The molecule has 0 saturated heterocycles. The average molecular weight is 377 g/mol. The summed E-state index contributed by atoms with van der Waals surface area (Å²) in [4.78, 5) is 13.9. The Morgan fingerprint density at radius 3 is 2.93 bits per heavy atom. The number of aryl methyl sites for hydroxylation is 2. The first-order valence-electron chi connectivity index (χ1n) is 8.83. The summed E-state index contributed by atoms with van der Waals surface area (Å²) >= 11 is 1.57. The first-order chi connectivity index (χ1) is 13.0. The summed E-state index contributed by atoms with van der Waals surface area (Å²) in [7, 11) is 0. The van der Waals surface area contributed by atoms with Gasteiger partial charge in [0.25, 0.3) is 0 Å². The van der Waals surface area contributed by atoms with Crippen molar-refractivity contribution in [2.75, 3.05) is 5.32 Å². The molecule has 0 fully saturated rings. The molecule has 0 aromatic carbocycles. The third kappa shape index (κ3) is 2.77. The Bertz CT molecular complexity index is 1160. The fourth-order valence-electron chi connectivity index (χ4n) is 3.45. The zero-order valence-corrected chi connectivity index (χ0v) is 15.9. The summed E-state index contributed by atoms with van der Waals surface area (Å²) in [5, 5.41) is 8.44. The smallest absolute Gasteiger partial charge is 0.211 e. The maximum atomic E-state index is 6.36. The van der Waals surface area contributed by atoms with Crippen molar-refractivity contribution >= 4 is 33.2 Å². The third-order valence-corrected chi connectivity index (χ3v) is 5.95. The molecule has 27 heavy (non-hydrogen) atoms. The quantitative estimate of drug-likeness (QED) is 0.568. The molecule has 1 unspecified atom stereocenters. The molecule has 7 nitrogen and oxygen atoms in total. The summed E-state index contributed by atoms with van der Waals surface area (Å²) in [6, 6.07) is 7.97. The molecule has 0 bridgehead atoms. The zero-order chi connectivity index (χ0) is 18.6. The van der Waals surface area contributed by atoms with Crippen molar-refractivity contribution in [1.29, 1.82) is 0 Å². The molecular formula is C19H19N7S. The van der Waals surface area contributed by atoms with Gasteiger partial charge in [-0.1, -0.05) is 17.4 Å². The van der Waals surface area contributed by atoms with E-state index < -0.39 is 0 Å². The minimum Gasteiger partial charge on any atom is -0.325 e. The topological polar surface area (TPSA) is 94.5 Å². The summed E-state index contributed by atoms with van der Waals surface area (Å²) in [5.74, 6) is 1.46. The Morgan fingerprint density at radius 1 is 1.22 bits per heavy atom. The number of fused-ring (bicyclic) bond motifs is 2. The van der Waals surface area contributed by atoms with Gasteiger partial charge in [0.15, 0.2) is 0 Å². The Morgan fingerprint density at radius 2 is 2.11 bits per heavy atom. The first-order valence-corrected chi connectivity index (χ1v) is 9.65. The second kappa shape index (κ2) is 5.83. The number of rotatable bonds is 3. The number of hydrogen-bond donors (Lipinski definition) is 2. The van der Waals surface area contributed by atoms with Crippen molar-refractivity contribution in [2.24, 2.45) is 5.73 Å². The van der Waals surface area contributed by atoms with Gasteiger partial charge in [-0.25, -0.2) is 19.6 Å². The Balaban J connectivity index is 1.47. The number of anilines is 2. The Hall–Kier alpha value is -2.84. The van der Waals surface area contributed by atoms with Gasteiger partial charge in [0.2, 0.25) is 5.13 Å². The molecule has 5 rings (SSSR count). The molecule has 4 aromatic rings. The van der Waals surface area contributed by atoms with Crippen LogP contribution in [-0.2, 0) is 12.0 Å². The van der Waals surface area contributed by atoms with Gasteiger partial charge in [-0.15, -0.1) is 0 Å². The summed E-state index contributed by atoms with van der Waals surface area (Å²) in [6.07, 6.45) is 5.52. The highest BCUT2D eigenvalue weighted by Crippen LogP contribution is 2.34. The van der Waals surface area contributed by atoms with Crippen LogP contribution < -0.4 is 11.1 Å². The van der Waals surface area contributed by atoms with Crippen LogP contribution in [0.2, 0.25) is 0 Å². The molecule has 4 aromatic heterocycles. The van der Waals surface area contributed by atoms with Crippen LogP contribution in [0.1, 0.15) is 30.3 Å². The molecule has 0 spiro atoms. The third-order valence-electron chi connectivity index (χ3n) is 4.97. The minimum atomic E-state index is -0.365. The van der Waals surface area contributed by atoms with Gasteiger partial charge in [-0.05, 0) is 44.4 Å². The molecule has 136 valence electrons. The van der Waals surface area contributed by atoms with E-state index in [1.165, 1.54) is 5.56 Å². The summed E-state index contributed by atoms with van der Waals surface area (Å²) in [5.41, 5.74) is 10.1. The van der Waals surface area contributed by atoms with Crippen molar-refractivity contribution in [3.63, 3.8) is 0 Å². The fourth-order valence-corrected chi connectivity index (χ4v) is 4.38. The molecule has 1 atom stereocenters. The molecule has 4 heterocycles. The predicted molar refractivity (Wildman–Crippen MR) is 107 cm³/mol. The number of thiazole rings is 1. The van der Waals surface area contributed by atoms with E-state index in [-0.39, 0.29) is 5.54 Å². The van der Waals surface area contributed by atoms with E-state index in [0.717, 1.165) is 45.4 Å². The highest BCUT2D eigenvalue weighted by Gasteiger charge is 2.32. The number of hydrogen-bond acceptors (Lipinski definition) is 7. The lowest BCUT2D eigenvalue weighted by atomic mass is 10.0. The van der Waals surface area contributed by atoms with Crippen LogP contribution >= 0.6 is 11.3 Å². The highest BCUT2D eigenvalue weighted by molar-refractivity contribution is 7.20. The van der Waals surface area contributed by atoms with E-state index in [2.05, 4.69) is 21.5 Å². The number of pyridine rings is 2. The summed E-state index contributed by atoms with van der Waals surface area (Å²) in [6.45, 7) is 4.04. The number of nitrogens with one attached hydrogen (secondary N) is 1. The van der Waals surface area contributed by atoms with Crippen molar-refractivity contribution in [2.45, 2.75) is 32.2 Å². The van der Waals surface area contributed by atoms with E-state index in [1.807, 2.05) is 42.9 Å². The van der Waals surface area contributed by atoms with Gasteiger partial charge in [-0.2, -0.15) is 5.10 Å². The van der Waals surface area contributed by atoms with Crippen molar-refractivity contribution in [1.82, 2.24) is 24.7 Å². The number of nitrogens with two attached hydrogens (primary N) is 1. The van der Waals surface area contributed by atoms with E-state index in [1.54, 1.807) is 17.5 Å². The van der Waals surface area contributed by atoms with Crippen LogP contribution in [0.15, 0.2) is 36.7 Å². The average Bonchev–Trinajstić information content (AvgIpc) is 3.32. The normalized spacial score (nSPS) is 18.8. The maximum absolute atomic E-state index is 6.36. The number of aromatic nitrogens is 5. The van der Waals surface area contributed by atoms with Gasteiger partial charge in [0, 0.05) is 24.2 Å². The van der Waals surface area contributed by atoms with E-state index in [9.17, 15) is 0 Å². The second-order valence-corrected chi connectivity index (χ2v) is 8.17. The standard InChI is InChI=1S/C19H19N7S/c1-11-6-8-22-26(11)18-23-13-9-16(21-10-14(13)27-18)24-15-4-3-12-5-7-19(2,20)17(12)25-15/h3-4,6,8-10H,5,7,20H2,1-2H3,(H,21,24,25). The van der Waals surface area contributed by atoms with Gasteiger partial charge in [0.05, 0.1) is 21.4 Å². The minimum absolute atomic E-state index is 0.365. The Labute approximate surface area is 160 Å². The molecule has 1 aliphatic rings. The van der Waals surface area contributed by atoms with Crippen LogP contribution in [0, 0.1) is 6.92 Å². The van der Waals surface area contributed by atoms with E-state index in [4.69, 9.17) is 15.7 Å². The largest absolute Gasteiger partial charge is 0.325 e. The van der Waals surface area contributed by atoms with Crippen LogP contribution in [-0.4, -0.2) is 24.7 Å². The SMILES string of the molecule is Cc1ccnn1-c1nc2cc(Nc3ccc4c(n3)C(C)(N)CC4)ncc2s1. The van der Waals surface area contributed by atoms with Crippen LogP contribution in [0.4, 0.5) is 11.6 Å². The second-order valence-electron chi connectivity index (χ2n) is 7.16. The van der Waals surface area contributed by atoms with Crippen molar-refractivity contribution in [3.05, 3.63) is 53.6 Å². The van der Waals surface area contributed by atoms with E-state index >= 15 is 0 Å². The van der Waals surface area contributed by atoms with Crippen molar-refractivity contribution < 1.29 is 0 Å². The van der Waals surface area contributed by atoms with E-state index in [0.29, 0.717) is 5.82 Å². The first kappa shape index (κ1) is 16.3. The monoisotopic (exact) mass is 377 g/mol. The molecule has 3 N–H and O–H groups in total. The van der Waals surface area contributed by atoms with Crippen LogP contribution in [0.3, 0.4) is 0 Å². The lowest BCUT2D eigenvalue weighted by molar-refractivity contribution is 0.480. The lowest BCUT2D eigenvalue weighted by Gasteiger charge is -2.18. The van der Waals surface area contributed by atoms with Gasteiger partial charge in [0.1, 0.15) is 11.6 Å². The predicted octanol–water partition coefficient (Wildman–Crippen LogP) is 3.44. The van der Waals surface area contributed by atoms with Gasteiger partial charge in [-0.3, -0.25) is 0 Å². The molecule has 0 aliphatic heterocycles.